The van der Waals surface area contributed by atoms with Crippen LogP contribution in [0.3, 0.4) is 0 Å². The van der Waals surface area contributed by atoms with Gasteiger partial charge in [-0.15, -0.1) is 0 Å². The summed E-state index contributed by atoms with van der Waals surface area (Å²) in [6.45, 7) is 0.676. The Morgan fingerprint density at radius 3 is 2.54 bits per heavy atom. The first-order valence-electron chi connectivity index (χ1n) is 7.51. The second-order valence-electron chi connectivity index (χ2n) is 5.24. The van der Waals surface area contributed by atoms with Crippen molar-refractivity contribution >= 4 is 5.91 Å². The Morgan fingerprint density at radius 2 is 1.79 bits per heavy atom. The summed E-state index contributed by atoms with van der Waals surface area (Å²) >= 11 is 0. The minimum atomic E-state index is -0.333. The van der Waals surface area contributed by atoms with Crippen LogP contribution in [-0.4, -0.2) is 20.7 Å². The van der Waals surface area contributed by atoms with E-state index in [4.69, 9.17) is 0 Å². The number of hydrogen-bond donors (Lipinski definition) is 1. The van der Waals surface area contributed by atoms with Crippen LogP contribution in [0.15, 0.2) is 71.8 Å². The molecule has 1 amide bonds. The van der Waals surface area contributed by atoms with Crippen molar-refractivity contribution in [3.8, 4) is 0 Å². The number of nitrogens with one attached hydrogen (secondary N) is 1. The number of nitrogens with zero attached hydrogens (tertiary/aromatic N) is 3. The van der Waals surface area contributed by atoms with Crippen LogP contribution in [0.2, 0.25) is 0 Å². The van der Waals surface area contributed by atoms with Crippen molar-refractivity contribution in [2.24, 2.45) is 0 Å². The van der Waals surface area contributed by atoms with Gasteiger partial charge in [0.1, 0.15) is 5.69 Å². The number of amides is 1. The van der Waals surface area contributed by atoms with Crippen LogP contribution in [0.5, 0.6) is 0 Å². The van der Waals surface area contributed by atoms with Crippen molar-refractivity contribution in [1.29, 1.82) is 0 Å². The second kappa shape index (κ2) is 7.32. The fraction of sp³-hybridized carbons (Fsp3) is 0.111. The molecule has 0 aliphatic rings. The number of hydrogen-bond acceptors (Lipinski definition) is 4. The van der Waals surface area contributed by atoms with Gasteiger partial charge >= 0.3 is 0 Å². The molecule has 1 aromatic carbocycles. The highest BCUT2D eigenvalue weighted by Gasteiger charge is 2.09. The molecular formula is C18H16N4O2. The van der Waals surface area contributed by atoms with E-state index in [2.05, 4.69) is 15.4 Å². The number of rotatable bonds is 5. The summed E-state index contributed by atoms with van der Waals surface area (Å²) in [4.78, 5) is 28.2. The summed E-state index contributed by atoms with van der Waals surface area (Å²) in [5, 5.41) is 6.93. The van der Waals surface area contributed by atoms with E-state index in [-0.39, 0.29) is 17.2 Å². The molecule has 0 fully saturated rings. The molecule has 6 heteroatoms. The molecule has 2 aromatic heterocycles. The average molecular weight is 320 g/mol. The fourth-order valence-corrected chi connectivity index (χ4v) is 2.22. The van der Waals surface area contributed by atoms with Crippen LogP contribution in [0.25, 0.3) is 0 Å². The van der Waals surface area contributed by atoms with Gasteiger partial charge in [0.25, 0.3) is 11.5 Å². The summed E-state index contributed by atoms with van der Waals surface area (Å²) in [6, 6.07) is 16.0. The normalized spacial score (nSPS) is 10.3. The maximum atomic E-state index is 12.2. The summed E-state index contributed by atoms with van der Waals surface area (Å²) in [6.07, 6.45) is 3.36. The van der Waals surface area contributed by atoms with Crippen molar-refractivity contribution in [3.05, 3.63) is 94.2 Å². The van der Waals surface area contributed by atoms with E-state index in [0.717, 1.165) is 11.1 Å². The molecule has 2 heterocycles. The Morgan fingerprint density at radius 1 is 1.00 bits per heavy atom. The summed E-state index contributed by atoms with van der Waals surface area (Å²) < 4.78 is 1.29. The van der Waals surface area contributed by atoms with Gasteiger partial charge in [-0.2, -0.15) is 5.10 Å². The molecule has 0 bridgehead atoms. The Labute approximate surface area is 138 Å². The molecule has 3 aromatic rings. The van der Waals surface area contributed by atoms with Gasteiger partial charge < -0.3 is 5.32 Å². The van der Waals surface area contributed by atoms with Crippen molar-refractivity contribution < 1.29 is 4.79 Å². The molecule has 0 saturated heterocycles. The van der Waals surface area contributed by atoms with E-state index >= 15 is 0 Å². The zero-order valence-electron chi connectivity index (χ0n) is 12.9. The number of benzene rings is 1. The average Bonchev–Trinajstić information content (AvgIpc) is 2.63. The molecule has 1 N–H and O–H groups in total. The van der Waals surface area contributed by atoms with E-state index in [9.17, 15) is 9.59 Å². The van der Waals surface area contributed by atoms with Gasteiger partial charge in [0.05, 0.1) is 6.54 Å². The minimum absolute atomic E-state index is 0.203. The number of carbonyl (C=O) groups is 1. The maximum absolute atomic E-state index is 12.2. The molecule has 0 unspecified atom stereocenters. The molecule has 3 rings (SSSR count). The Hall–Kier alpha value is -3.28. The third-order valence-electron chi connectivity index (χ3n) is 3.45. The largest absolute Gasteiger partial charge is 0.347 e. The van der Waals surface area contributed by atoms with Crippen LogP contribution in [-0.2, 0) is 13.1 Å². The first-order chi connectivity index (χ1) is 11.7. The monoisotopic (exact) mass is 320 g/mol. The topological polar surface area (TPSA) is 76.9 Å². The highest BCUT2D eigenvalue weighted by molar-refractivity contribution is 5.91. The second-order valence-corrected chi connectivity index (χ2v) is 5.24. The molecule has 0 aliphatic heterocycles. The first kappa shape index (κ1) is 15.6. The Balaban J connectivity index is 1.73. The summed E-state index contributed by atoms with van der Waals surface area (Å²) in [5.74, 6) is -0.333. The van der Waals surface area contributed by atoms with Gasteiger partial charge in [-0.1, -0.05) is 36.4 Å². The third-order valence-corrected chi connectivity index (χ3v) is 3.45. The maximum Gasteiger partial charge on any atom is 0.271 e. The minimum Gasteiger partial charge on any atom is -0.347 e. The molecule has 0 saturated carbocycles. The lowest BCUT2D eigenvalue weighted by molar-refractivity contribution is 0.0943. The van der Waals surface area contributed by atoms with Crippen molar-refractivity contribution in [2.75, 3.05) is 0 Å². The Kier molecular flexibility index (Phi) is 4.76. The highest BCUT2D eigenvalue weighted by atomic mass is 16.2. The lowest BCUT2D eigenvalue weighted by Gasteiger charge is -2.08. The van der Waals surface area contributed by atoms with Gasteiger partial charge in [0.2, 0.25) is 0 Å². The first-order valence-corrected chi connectivity index (χ1v) is 7.51. The molecule has 0 spiro atoms. The van der Waals surface area contributed by atoms with E-state index in [1.54, 1.807) is 18.5 Å². The zero-order valence-corrected chi connectivity index (χ0v) is 12.9. The number of aromatic nitrogens is 3. The van der Waals surface area contributed by atoms with Crippen LogP contribution in [0.4, 0.5) is 0 Å². The van der Waals surface area contributed by atoms with Gasteiger partial charge in [-0.25, -0.2) is 4.68 Å². The van der Waals surface area contributed by atoms with Gasteiger partial charge in [-0.05, 0) is 23.3 Å². The van der Waals surface area contributed by atoms with Crippen molar-refractivity contribution in [3.63, 3.8) is 0 Å². The van der Waals surface area contributed by atoms with Crippen LogP contribution in [0, 0.1) is 0 Å². The third kappa shape index (κ3) is 3.92. The molecular weight excluding hydrogens is 304 g/mol. The van der Waals surface area contributed by atoms with Crippen LogP contribution in [0.1, 0.15) is 21.6 Å². The van der Waals surface area contributed by atoms with E-state index in [1.807, 2.05) is 36.4 Å². The van der Waals surface area contributed by atoms with Gasteiger partial charge in [0, 0.05) is 25.0 Å². The molecule has 120 valence electrons. The Bertz CT molecular complexity index is 876. The van der Waals surface area contributed by atoms with Crippen LogP contribution >= 0.6 is 0 Å². The standard InChI is InChI=1S/C18H16N4O2/c23-17-9-8-16(18(24)20-12-15-7-4-10-19-11-15)21-22(17)13-14-5-2-1-3-6-14/h1-11H,12-13H2,(H,20,24). The smallest absolute Gasteiger partial charge is 0.271 e. The molecule has 0 atom stereocenters. The molecule has 0 radical (unpaired) electrons. The van der Waals surface area contributed by atoms with E-state index in [0.29, 0.717) is 13.1 Å². The fourth-order valence-electron chi connectivity index (χ4n) is 2.22. The lowest BCUT2D eigenvalue weighted by atomic mass is 10.2. The molecule has 24 heavy (non-hydrogen) atoms. The quantitative estimate of drug-likeness (QED) is 0.775. The predicted octanol–water partition coefficient (Wildman–Crippen LogP) is 1.62. The summed E-state index contributed by atoms with van der Waals surface area (Å²) in [7, 11) is 0. The molecule has 0 aliphatic carbocycles. The van der Waals surface area contributed by atoms with E-state index in [1.165, 1.54) is 16.8 Å². The summed E-state index contributed by atoms with van der Waals surface area (Å²) in [5.41, 5.74) is 1.79. The number of pyridine rings is 1. The lowest BCUT2D eigenvalue weighted by Crippen LogP contribution is -2.29. The SMILES string of the molecule is O=C(NCc1cccnc1)c1ccc(=O)n(Cc2ccccc2)n1. The zero-order chi connectivity index (χ0) is 16.8. The number of carbonyl (C=O) groups excluding carboxylic acids is 1. The highest BCUT2D eigenvalue weighted by Crippen LogP contribution is 2.01. The van der Waals surface area contributed by atoms with Gasteiger partial charge in [0.15, 0.2) is 0 Å². The van der Waals surface area contributed by atoms with Gasteiger partial charge in [-0.3, -0.25) is 14.6 Å². The van der Waals surface area contributed by atoms with Crippen molar-refractivity contribution in [2.45, 2.75) is 13.1 Å². The van der Waals surface area contributed by atoms with E-state index < -0.39 is 0 Å². The van der Waals surface area contributed by atoms with Crippen molar-refractivity contribution in [1.82, 2.24) is 20.1 Å². The molecule has 6 nitrogen and oxygen atoms in total. The predicted molar refractivity (Wildman–Crippen MR) is 89.4 cm³/mol. The van der Waals surface area contributed by atoms with Crippen LogP contribution < -0.4 is 10.9 Å².